The highest BCUT2D eigenvalue weighted by Gasteiger charge is 2.27. The molecule has 1 amide bonds. The Labute approximate surface area is 175 Å². The van der Waals surface area contributed by atoms with E-state index in [4.69, 9.17) is 9.26 Å². The van der Waals surface area contributed by atoms with Gasteiger partial charge in [-0.25, -0.2) is 4.39 Å². The van der Waals surface area contributed by atoms with Gasteiger partial charge in [0.15, 0.2) is 5.76 Å². The van der Waals surface area contributed by atoms with E-state index in [0.29, 0.717) is 44.7 Å². The van der Waals surface area contributed by atoms with Gasteiger partial charge in [-0.2, -0.15) is 0 Å². The van der Waals surface area contributed by atoms with Crippen LogP contribution in [0, 0.1) is 5.82 Å². The third-order valence-electron chi connectivity index (χ3n) is 5.43. The quantitative estimate of drug-likeness (QED) is 0.528. The van der Waals surface area contributed by atoms with Crippen molar-refractivity contribution in [1.82, 2.24) is 10.1 Å². The highest BCUT2D eigenvalue weighted by atomic mass is 19.1. The third kappa shape index (κ3) is 4.53. The molecule has 156 valence electrons. The normalized spacial score (nSPS) is 13.2. The molecule has 2 heterocycles. The summed E-state index contributed by atoms with van der Waals surface area (Å²) in [5.41, 5.74) is 3.82. The summed E-state index contributed by atoms with van der Waals surface area (Å²) in [6.07, 6.45) is 2.75. The van der Waals surface area contributed by atoms with E-state index in [2.05, 4.69) is 24.2 Å². The molecule has 30 heavy (non-hydrogen) atoms. The molecule has 1 aliphatic rings. The van der Waals surface area contributed by atoms with Gasteiger partial charge in [0, 0.05) is 30.5 Å². The van der Waals surface area contributed by atoms with Crippen molar-refractivity contribution in [2.24, 2.45) is 0 Å². The highest BCUT2D eigenvalue weighted by molar-refractivity contribution is 5.77. The number of halogens is 1. The number of hydrogen-bond donors (Lipinski definition) is 0. The van der Waals surface area contributed by atoms with Crippen molar-refractivity contribution in [3.8, 4) is 17.1 Å². The Balaban J connectivity index is 1.31. The molecular weight excluding hydrogens is 383 g/mol. The predicted octanol–water partition coefficient (Wildman–Crippen LogP) is 4.79. The molecular formula is C24H25FN2O3. The first kappa shape index (κ1) is 20.1. The Morgan fingerprint density at radius 1 is 1.17 bits per heavy atom. The summed E-state index contributed by atoms with van der Waals surface area (Å²) in [5.74, 6) is 1.24. The van der Waals surface area contributed by atoms with Crippen LogP contribution >= 0.6 is 0 Å². The van der Waals surface area contributed by atoms with Gasteiger partial charge in [-0.15, -0.1) is 0 Å². The second-order valence-corrected chi connectivity index (χ2v) is 7.46. The lowest BCUT2D eigenvalue weighted by atomic mass is 10.0. The van der Waals surface area contributed by atoms with Crippen molar-refractivity contribution >= 4 is 5.91 Å². The van der Waals surface area contributed by atoms with Gasteiger partial charge in [0.05, 0.1) is 18.8 Å². The molecule has 0 N–H and O–H groups in total. The standard InChI is InChI=1S/C24H25FN2O3/c1-2-17-5-11-20(12-6-17)29-15-3-4-23(28)27-14-13-22-21(16-27)24(30-26-22)18-7-9-19(25)10-8-18/h5-12H,2-4,13-16H2,1H3. The SMILES string of the molecule is CCc1ccc(OCCCC(=O)N2CCc3noc(-c4ccc(F)cc4)c3C2)cc1. The van der Waals surface area contributed by atoms with E-state index in [1.54, 1.807) is 12.1 Å². The summed E-state index contributed by atoms with van der Waals surface area (Å²) in [5, 5.41) is 4.14. The topological polar surface area (TPSA) is 55.6 Å². The summed E-state index contributed by atoms with van der Waals surface area (Å²) >= 11 is 0. The van der Waals surface area contributed by atoms with Crippen LogP contribution in [-0.4, -0.2) is 29.1 Å². The molecule has 1 aromatic heterocycles. The van der Waals surface area contributed by atoms with Crippen LogP contribution in [0.1, 0.15) is 36.6 Å². The fourth-order valence-corrected chi connectivity index (χ4v) is 3.65. The number of benzene rings is 2. The van der Waals surface area contributed by atoms with Crippen molar-refractivity contribution in [3.05, 3.63) is 71.2 Å². The first-order valence-electron chi connectivity index (χ1n) is 10.4. The molecule has 0 unspecified atom stereocenters. The van der Waals surface area contributed by atoms with Gasteiger partial charge in [0.2, 0.25) is 5.91 Å². The molecule has 4 rings (SSSR count). The van der Waals surface area contributed by atoms with Crippen LogP contribution in [0.25, 0.3) is 11.3 Å². The van der Waals surface area contributed by atoms with Gasteiger partial charge < -0.3 is 14.2 Å². The van der Waals surface area contributed by atoms with Gasteiger partial charge in [-0.3, -0.25) is 4.79 Å². The number of hydrogen-bond acceptors (Lipinski definition) is 4. The summed E-state index contributed by atoms with van der Waals surface area (Å²) in [4.78, 5) is 14.5. The van der Waals surface area contributed by atoms with Crippen molar-refractivity contribution in [2.45, 2.75) is 39.2 Å². The van der Waals surface area contributed by atoms with Crippen molar-refractivity contribution < 1.29 is 18.4 Å². The number of amides is 1. The molecule has 0 bridgehead atoms. The Bertz CT molecular complexity index is 996. The highest BCUT2D eigenvalue weighted by Crippen LogP contribution is 2.30. The zero-order valence-electron chi connectivity index (χ0n) is 17.1. The van der Waals surface area contributed by atoms with Crippen LogP contribution in [0.15, 0.2) is 53.1 Å². The van der Waals surface area contributed by atoms with Gasteiger partial charge in [-0.1, -0.05) is 24.2 Å². The molecule has 0 fully saturated rings. The summed E-state index contributed by atoms with van der Waals surface area (Å²) in [6.45, 7) is 3.71. The van der Waals surface area contributed by atoms with Gasteiger partial charge in [0.25, 0.3) is 0 Å². The Kier molecular flexibility index (Phi) is 6.12. The second-order valence-electron chi connectivity index (χ2n) is 7.46. The Morgan fingerprint density at radius 2 is 1.93 bits per heavy atom. The average molecular weight is 408 g/mol. The van der Waals surface area contributed by atoms with E-state index in [-0.39, 0.29) is 11.7 Å². The minimum absolute atomic E-state index is 0.0943. The molecule has 6 heteroatoms. The lowest BCUT2D eigenvalue weighted by molar-refractivity contribution is -0.132. The minimum Gasteiger partial charge on any atom is -0.494 e. The summed E-state index contributed by atoms with van der Waals surface area (Å²) < 4.78 is 24.5. The number of carbonyl (C=O) groups is 1. The molecule has 0 aliphatic carbocycles. The van der Waals surface area contributed by atoms with Crippen LogP contribution in [0.3, 0.4) is 0 Å². The van der Waals surface area contributed by atoms with E-state index >= 15 is 0 Å². The van der Waals surface area contributed by atoms with E-state index in [9.17, 15) is 9.18 Å². The average Bonchev–Trinajstić information content (AvgIpc) is 3.21. The smallest absolute Gasteiger partial charge is 0.223 e. The molecule has 0 saturated heterocycles. The predicted molar refractivity (Wildman–Crippen MR) is 112 cm³/mol. The molecule has 2 aromatic carbocycles. The first-order valence-corrected chi connectivity index (χ1v) is 10.4. The number of carbonyl (C=O) groups excluding carboxylic acids is 1. The monoisotopic (exact) mass is 408 g/mol. The number of ether oxygens (including phenoxy) is 1. The zero-order valence-corrected chi connectivity index (χ0v) is 17.1. The maximum absolute atomic E-state index is 13.2. The fraction of sp³-hybridized carbons (Fsp3) is 0.333. The largest absolute Gasteiger partial charge is 0.494 e. The zero-order chi connectivity index (χ0) is 20.9. The van der Waals surface area contributed by atoms with Crippen LogP contribution in [0.2, 0.25) is 0 Å². The number of fused-ring (bicyclic) bond motifs is 1. The molecule has 1 aliphatic heterocycles. The molecule has 0 atom stereocenters. The summed E-state index contributed by atoms with van der Waals surface area (Å²) in [7, 11) is 0. The summed E-state index contributed by atoms with van der Waals surface area (Å²) in [6, 6.07) is 14.2. The van der Waals surface area contributed by atoms with Crippen LogP contribution in [-0.2, 0) is 24.2 Å². The first-order chi connectivity index (χ1) is 14.6. The second kappa shape index (κ2) is 9.11. The van der Waals surface area contributed by atoms with E-state index in [1.807, 2.05) is 17.0 Å². The lowest BCUT2D eigenvalue weighted by Gasteiger charge is -2.26. The van der Waals surface area contributed by atoms with Gasteiger partial charge in [-0.05, 0) is 54.8 Å². The van der Waals surface area contributed by atoms with Gasteiger partial charge >= 0.3 is 0 Å². The Hall–Kier alpha value is -3.15. The molecule has 0 radical (unpaired) electrons. The number of aryl methyl sites for hydroxylation is 1. The van der Waals surface area contributed by atoms with Gasteiger partial charge in [0.1, 0.15) is 11.6 Å². The van der Waals surface area contributed by atoms with Crippen LogP contribution < -0.4 is 4.74 Å². The van der Waals surface area contributed by atoms with E-state index in [0.717, 1.165) is 29.0 Å². The van der Waals surface area contributed by atoms with E-state index in [1.165, 1.54) is 17.7 Å². The third-order valence-corrected chi connectivity index (χ3v) is 5.43. The number of aromatic nitrogens is 1. The lowest BCUT2D eigenvalue weighted by Crippen LogP contribution is -2.36. The van der Waals surface area contributed by atoms with Crippen molar-refractivity contribution in [1.29, 1.82) is 0 Å². The molecule has 0 spiro atoms. The van der Waals surface area contributed by atoms with Crippen LogP contribution in [0.4, 0.5) is 4.39 Å². The number of nitrogens with zero attached hydrogens (tertiary/aromatic N) is 2. The van der Waals surface area contributed by atoms with Crippen LogP contribution in [0.5, 0.6) is 5.75 Å². The maximum atomic E-state index is 13.2. The number of rotatable bonds is 7. The maximum Gasteiger partial charge on any atom is 0.223 e. The fourth-order valence-electron chi connectivity index (χ4n) is 3.65. The van der Waals surface area contributed by atoms with Crippen molar-refractivity contribution in [2.75, 3.05) is 13.2 Å². The molecule has 3 aromatic rings. The minimum atomic E-state index is -0.299. The van der Waals surface area contributed by atoms with E-state index < -0.39 is 0 Å². The molecule has 5 nitrogen and oxygen atoms in total. The molecule has 0 saturated carbocycles. The van der Waals surface area contributed by atoms with Crippen molar-refractivity contribution in [3.63, 3.8) is 0 Å². The Morgan fingerprint density at radius 3 is 2.67 bits per heavy atom.